The van der Waals surface area contributed by atoms with Crippen molar-refractivity contribution in [1.29, 1.82) is 5.26 Å². The summed E-state index contributed by atoms with van der Waals surface area (Å²) < 4.78 is 65.4. The summed E-state index contributed by atoms with van der Waals surface area (Å²) in [5.74, 6) is 0. The van der Waals surface area contributed by atoms with Gasteiger partial charge in [-0.15, -0.1) is 0 Å². The van der Waals surface area contributed by atoms with Crippen LogP contribution in [0.25, 0.3) is 12.2 Å². The van der Waals surface area contributed by atoms with E-state index < -0.39 is 30.0 Å². The average Bonchev–Trinajstić information content (AvgIpc) is 2.60. The second-order valence-corrected chi connectivity index (χ2v) is 8.92. The molecule has 0 saturated carbocycles. The Bertz CT molecular complexity index is 1250. The minimum absolute atomic E-state index is 0.0441. The molecule has 0 radical (unpaired) electrons. The van der Waals surface area contributed by atoms with E-state index in [2.05, 4.69) is 22.4 Å². The van der Waals surface area contributed by atoms with Gasteiger partial charge >= 0.3 is 0 Å². The van der Waals surface area contributed by atoms with Crippen molar-refractivity contribution in [3.63, 3.8) is 0 Å². The molecule has 28 heavy (non-hydrogen) atoms. The van der Waals surface area contributed by atoms with Gasteiger partial charge in [0.15, 0.2) is 0 Å². The summed E-state index contributed by atoms with van der Waals surface area (Å²) in [6.45, 7) is 0. The third-order valence-corrected chi connectivity index (χ3v) is 5.81. The molecule has 144 valence electrons. The Balaban J connectivity index is 2.61. The minimum Gasteiger partial charge on any atom is -0.282 e. The van der Waals surface area contributed by atoms with Crippen LogP contribution in [0.3, 0.4) is 0 Å². The lowest BCUT2D eigenvalue weighted by Crippen LogP contribution is -2.02. The van der Waals surface area contributed by atoms with Crippen LogP contribution in [0.15, 0.2) is 56.1 Å². The van der Waals surface area contributed by atoms with E-state index in [4.69, 9.17) is 5.26 Å². The quantitative estimate of drug-likeness (QED) is 0.167. The Morgan fingerprint density at radius 2 is 1.50 bits per heavy atom. The SMILES string of the molecule is N#CSc1ccc(C=Cc2ccc(N=C=S)cc2S(=O)(=O)O)c(S(=O)(=O)O)c1. The normalized spacial score (nSPS) is 11.8. The molecule has 0 aliphatic heterocycles. The lowest BCUT2D eigenvalue weighted by molar-refractivity contribution is 0.480. The van der Waals surface area contributed by atoms with Crippen LogP contribution >= 0.6 is 24.0 Å². The number of thiocyanates is 1. The summed E-state index contributed by atoms with van der Waals surface area (Å²) in [4.78, 5) is 3.01. The molecule has 2 rings (SSSR count). The number of isothiocyanates is 1. The minimum atomic E-state index is -4.61. The molecule has 12 heteroatoms. The zero-order valence-corrected chi connectivity index (χ0v) is 16.9. The van der Waals surface area contributed by atoms with Crippen LogP contribution in [-0.4, -0.2) is 31.1 Å². The predicted octanol–water partition coefficient (Wildman–Crippen LogP) is 3.66. The van der Waals surface area contributed by atoms with Crippen molar-refractivity contribution in [2.45, 2.75) is 14.7 Å². The molecule has 0 aromatic heterocycles. The molecule has 2 N–H and O–H groups in total. The van der Waals surface area contributed by atoms with E-state index in [0.717, 1.165) is 12.1 Å². The van der Waals surface area contributed by atoms with Gasteiger partial charge < -0.3 is 0 Å². The van der Waals surface area contributed by atoms with E-state index in [0.29, 0.717) is 16.7 Å². The average molecular weight is 455 g/mol. The fraction of sp³-hybridized carbons (Fsp3) is 0. The zero-order valence-electron chi connectivity index (χ0n) is 13.7. The van der Waals surface area contributed by atoms with Gasteiger partial charge in [-0.1, -0.05) is 24.3 Å². The lowest BCUT2D eigenvalue weighted by Gasteiger charge is -2.06. The molecule has 0 spiro atoms. The van der Waals surface area contributed by atoms with Gasteiger partial charge in [-0.3, -0.25) is 9.11 Å². The highest BCUT2D eigenvalue weighted by Gasteiger charge is 2.17. The van der Waals surface area contributed by atoms with E-state index in [1.807, 2.05) is 0 Å². The lowest BCUT2D eigenvalue weighted by atomic mass is 10.1. The highest BCUT2D eigenvalue weighted by atomic mass is 32.2. The van der Waals surface area contributed by atoms with Gasteiger partial charge in [0.25, 0.3) is 20.2 Å². The van der Waals surface area contributed by atoms with Crippen molar-refractivity contribution in [1.82, 2.24) is 0 Å². The molecular weight excluding hydrogens is 444 g/mol. The van der Waals surface area contributed by atoms with Gasteiger partial charge in [0.2, 0.25) is 0 Å². The molecule has 0 bridgehead atoms. The molecule has 0 saturated heterocycles. The van der Waals surface area contributed by atoms with Crippen molar-refractivity contribution >= 4 is 67.2 Å². The number of hydrogen-bond donors (Lipinski definition) is 2. The zero-order chi connectivity index (χ0) is 20.9. The topological polar surface area (TPSA) is 145 Å². The van der Waals surface area contributed by atoms with Crippen molar-refractivity contribution < 1.29 is 25.9 Å². The number of nitriles is 1. The smallest absolute Gasteiger partial charge is 0.282 e. The summed E-state index contributed by atoms with van der Waals surface area (Å²) in [7, 11) is -9.22. The van der Waals surface area contributed by atoms with Crippen molar-refractivity contribution in [3.05, 3.63) is 47.5 Å². The van der Waals surface area contributed by atoms with E-state index in [-0.39, 0.29) is 16.8 Å². The fourth-order valence-corrected chi connectivity index (χ4v) is 4.19. The number of nitrogens with zero attached hydrogens (tertiary/aromatic N) is 2. The van der Waals surface area contributed by atoms with Gasteiger partial charge in [0, 0.05) is 4.90 Å². The molecule has 8 nitrogen and oxygen atoms in total. The van der Waals surface area contributed by atoms with Crippen LogP contribution in [0, 0.1) is 10.7 Å². The highest BCUT2D eigenvalue weighted by Crippen LogP contribution is 2.28. The second kappa shape index (κ2) is 8.76. The third-order valence-electron chi connectivity index (χ3n) is 3.32. The van der Waals surface area contributed by atoms with Crippen LogP contribution < -0.4 is 0 Å². The number of hydrogen-bond acceptors (Lipinski definition) is 8. The van der Waals surface area contributed by atoms with Crippen LogP contribution in [0.5, 0.6) is 0 Å². The number of benzene rings is 2. The van der Waals surface area contributed by atoms with Gasteiger partial charge in [-0.2, -0.15) is 27.1 Å². The van der Waals surface area contributed by atoms with E-state index >= 15 is 0 Å². The van der Waals surface area contributed by atoms with Crippen LogP contribution in [0.1, 0.15) is 11.1 Å². The number of rotatable bonds is 6. The van der Waals surface area contributed by atoms with E-state index in [1.54, 1.807) is 5.40 Å². The van der Waals surface area contributed by atoms with Crippen molar-refractivity contribution in [2.24, 2.45) is 4.99 Å². The summed E-state index contributed by atoms with van der Waals surface area (Å²) in [6, 6.07) is 7.75. The molecular formula is C16H10N2O6S4. The molecule has 0 fully saturated rings. The predicted molar refractivity (Wildman–Crippen MR) is 108 cm³/mol. The first-order valence-corrected chi connectivity index (χ1v) is 11.2. The molecule has 0 unspecified atom stereocenters. The standard InChI is InChI=1S/C16H10N2O6S4/c17-9-26-14-6-4-12(16(8-14)28(22,23)24)2-1-11-3-5-13(18-10-25)7-15(11)27(19,20)21/h1-8H,(H,19,20,21)(H,22,23,24). The number of thiocarbonyl (C=S) groups is 1. The van der Waals surface area contributed by atoms with E-state index in [1.165, 1.54) is 36.4 Å². The molecule has 2 aromatic rings. The Labute approximate surface area is 170 Å². The Morgan fingerprint density at radius 3 is 2.00 bits per heavy atom. The summed E-state index contributed by atoms with van der Waals surface area (Å²) in [5.41, 5.74) is 0.242. The van der Waals surface area contributed by atoms with Crippen LogP contribution in [0.2, 0.25) is 0 Å². The first kappa shape index (κ1) is 21.9. The summed E-state index contributed by atoms with van der Waals surface area (Å²) >= 11 is 5.16. The maximum Gasteiger partial charge on any atom is 0.295 e. The first-order chi connectivity index (χ1) is 13.1. The monoisotopic (exact) mass is 454 g/mol. The number of thioether (sulfide) groups is 1. The Kier molecular flexibility index (Phi) is 6.87. The molecule has 0 aliphatic rings. The summed E-state index contributed by atoms with van der Waals surface area (Å²) in [5, 5.41) is 12.6. The third kappa shape index (κ3) is 5.57. The van der Waals surface area contributed by atoms with Gasteiger partial charge in [-0.05, 0) is 59.4 Å². The summed E-state index contributed by atoms with van der Waals surface area (Å²) in [6.07, 6.45) is 2.49. The Hall–Kier alpha value is -2.36. The second-order valence-electron chi connectivity index (χ2n) is 5.10. The largest absolute Gasteiger partial charge is 0.295 e. The van der Waals surface area contributed by atoms with Gasteiger partial charge in [0.05, 0.1) is 10.8 Å². The maximum atomic E-state index is 11.6. The molecule has 0 amide bonds. The molecule has 0 aliphatic carbocycles. The number of aliphatic imine (C=N–C) groups is 1. The van der Waals surface area contributed by atoms with E-state index in [9.17, 15) is 25.9 Å². The van der Waals surface area contributed by atoms with Gasteiger partial charge in [0.1, 0.15) is 15.2 Å². The van der Waals surface area contributed by atoms with Crippen molar-refractivity contribution in [2.75, 3.05) is 0 Å². The fourth-order valence-electron chi connectivity index (χ4n) is 2.18. The van der Waals surface area contributed by atoms with Gasteiger partial charge in [-0.25, -0.2) is 0 Å². The molecule has 0 heterocycles. The highest BCUT2D eigenvalue weighted by molar-refractivity contribution is 8.03. The van der Waals surface area contributed by atoms with Crippen LogP contribution in [-0.2, 0) is 20.2 Å². The molecule has 0 atom stereocenters. The maximum absolute atomic E-state index is 11.6. The first-order valence-electron chi connectivity index (χ1n) is 7.11. The molecule has 2 aromatic carbocycles. The van der Waals surface area contributed by atoms with Crippen molar-refractivity contribution in [3.8, 4) is 5.40 Å². The van der Waals surface area contributed by atoms with Crippen LogP contribution in [0.4, 0.5) is 5.69 Å². The Morgan fingerprint density at radius 1 is 0.964 bits per heavy atom.